The molecule has 0 aliphatic heterocycles. The number of benzene rings is 1. The first-order valence-corrected chi connectivity index (χ1v) is 7.72. The molecule has 0 saturated heterocycles. The number of aryl methyl sites for hydroxylation is 1. The van der Waals surface area contributed by atoms with Gasteiger partial charge in [-0.15, -0.1) is 5.10 Å². The van der Waals surface area contributed by atoms with Gasteiger partial charge in [-0.05, 0) is 37.0 Å². The molecule has 1 atom stereocenters. The zero-order chi connectivity index (χ0) is 16.1. The van der Waals surface area contributed by atoms with Gasteiger partial charge in [-0.2, -0.15) is 0 Å². The monoisotopic (exact) mass is 321 g/mol. The van der Waals surface area contributed by atoms with Crippen molar-refractivity contribution in [2.45, 2.75) is 26.3 Å². The zero-order valence-corrected chi connectivity index (χ0v) is 13.9. The van der Waals surface area contributed by atoms with Crippen molar-refractivity contribution < 1.29 is 14.3 Å². The molecule has 0 aliphatic carbocycles. The Labute approximate surface area is 133 Å². The molecule has 0 aliphatic rings. The Kier molecular flexibility index (Phi) is 5.32. The Hall–Kier alpha value is -2.15. The maximum absolute atomic E-state index is 12.3. The second-order valence-electron chi connectivity index (χ2n) is 4.71. The molecule has 0 bridgehead atoms. The van der Waals surface area contributed by atoms with Crippen LogP contribution < -0.4 is 14.8 Å². The molecule has 0 fully saturated rings. The summed E-state index contributed by atoms with van der Waals surface area (Å²) < 4.78 is 14.4. The van der Waals surface area contributed by atoms with Gasteiger partial charge in [0, 0.05) is 11.6 Å². The van der Waals surface area contributed by atoms with E-state index in [9.17, 15) is 4.79 Å². The standard InChI is InChI=1S/C15H19N3O3S/c1-5-12-14(22-18-17-12)15(19)16-9(2)11-7-6-10(20-3)8-13(11)21-4/h6-9H,5H2,1-4H3,(H,16,19)/t9-/m0/s1. The van der Waals surface area contributed by atoms with Gasteiger partial charge in [-0.1, -0.05) is 11.4 Å². The molecular formula is C15H19N3O3S. The highest BCUT2D eigenvalue weighted by Gasteiger charge is 2.19. The largest absolute Gasteiger partial charge is 0.497 e. The van der Waals surface area contributed by atoms with E-state index in [-0.39, 0.29) is 11.9 Å². The first-order chi connectivity index (χ1) is 10.6. The predicted octanol–water partition coefficient (Wildman–Crippen LogP) is 2.61. The van der Waals surface area contributed by atoms with E-state index in [1.165, 1.54) is 0 Å². The Bertz CT molecular complexity index is 657. The molecular weight excluding hydrogens is 302 g/mol. The van der Waals surface area contributed by atoms with Crippen molar-refractivity contribution >= 4 is 17.4 Å². The summed E-state index contributed by atoms with van der Waals surface area (Å²) in [5.74, 6) is 1.21. The summed E-state index contributed by atoms with van der Waals surface area (Å²) in [5, 5.41) is 6.91. The molecule has 2 rings (SSSR count). The van der Waals surface area contributed by atoms with Crippen LogP contribution in [0.2, 0.25) is 0 Å². The van der Waals surface area contributed by atoms with E-state index in [1.54, 1.807) is 20.3 Å². The van der Waals surface area contributed by atoms with Crippen LogP contribution in [-0.2, 0) is 6.42 Å². The summed E-state index contributed by atoms with van der Waals surface area (Å²) in [7, 11) is 3.19. The number of ether oxygens (including phenoxy) is 2. The highest BCUT2D eigenvalue weighted by Crippen LogP contribution is 2.29. The average Bonchev–Trinajstić information content (AvgIpc) is 3.02. The zero-order valence-electron chi connectivity index (χ0n) is 13.0. The molecule has 1 aromatic heterocycles. The summed E-state index contributed by atoms with van der Waals surface area (Å²) in [5.41, 5.74) is 1.60. The maximum atomic E-state index is 12.3. The number of carbonyl (C=O) groups excluding carboxylic acids is 1. The number of rotatable bonds is 6. The number of methoxy groups -OCH3 is 2. The van der Waals surface area contributed by atoms with E-state index in [2.05, 4.69) is 14.9 Å². The Balaban J connectivity index is 2.18. The van der Waals surface area contributed by atoms with E-state index < -0.39 is 0 Å². The summed E-state index contributed by atoms with van der Waals surface area (Å²) >= 11 is 1.11. The Morgan fingerprint density at radius 3 is 2.77 bits per heavy atom. The lowest BCUT2D eigenvalue weighted by atomic mass is 10.1. The van der Waals surface area contributed by atoms with Crippen molar-refractivity contribution in [3.63, 3.8) is 0 Å². The second kappa shape index (κ2) is 7.22. The molecule has 2 aromatic rings. The van der Waals surface area contributed by atoms with Crippen molar-refractivity contribution in [2.24, 2.45) is 0 Å². The third-order valence-corrected chi connectivity index (χ3v) is 4.12. The van der Waals surface area contributed by atoms with Gasteiger partial charge in [0.1, 0.15) is 16.4 Å². The second-order valence-corrected chi connectivity index (χ2v) is 5.46. The van der Waals surface area contributed by atoms with Crippen molar-refractivity contribution in [3.8, 4) is 11.5 Å². The molecule has 1 aromatic carbocycles. The SMILES string of the molecule is CCc1nnsc1C(=O)N[C@@H](C)c1ccc(OC)cc1OC. The number of amides is 1. The number of carbonyl (C=O) groups is 1. The molecule has 7 heteroatoms. The fraction of sp³-hybridized carbons (Fsp3) is 0.400. The van der Waals surface area contributed by atoms with Crippen LogP contribution in [0.4, 0.5) is 0 Å². The van der Waals surface area contributed by atoms with Gasteiger partial charge < -0.3 is 14.8 Å². The van der Waals surface area contributed by atoms with Crippen LogP contribution >= 0.6 is 11.5 Å². The van der Waals surface area contributed by atoms with E-state index in [4.69, 9.17) is 9.47 Å². The minimum absolute atomic E-state index is 0.169. The van der Waals surface area contributed by atoms with Gasteiger partial charge in [0.15, 0.2) is 0 Å². The summed E-state index contributed by atoms with van der Waals surface area (Å²) in [4.78, 5) is 12.9. The molecule has 1 N–H and O–H groups in total. The number of hydrogen-bond donors (Lipinski definition) is 1. The van der Waals surface area contributed by atoms with E-state index >= 15 is 0 Å². The number of nitrogens with one attached hydrogen (secondary N) is 1. The van der Waals surface area contributed by atoms with Crippen LogP contribution in [0, 0.1) is 0 Å². The van der Waals surface area contributed by atoms with Crippen molar-refractivity contribution in [2.75, 3.05) is 14.2 Å². The quantitative estimate of drug-likeness (QED) is 0.885. The van der Waals surface area contributed by atoms with Crippen molar-refractivity contribution in [1.29, 1.82) is 0 Å². The van der Waals surface area contributed by atoms with E-state index in [1.807, 2.05) is 26.0 Å². The number of nitrogens with zero attached hydrogens (tertiary/aromatic N) is 2. The molecule has 22 heavy (non-hydrogen) atoms. The third-order valence-electron chi connectivity index (χ3n) is 3.35. The van der Waals surface area contributed by atoms with Crippen LogP contribution in [0.15, 0.2) is 18.2 Å². The van der Waals surface area contributed by atoms with Crippen LogP contribution in [0.3, 0.4) is 0 Å². The number of hydrogen-bond acceptors (Lipinski definition) is 6. The van der Waals surface area contributed by atoms with Gasteiger partial charge in [0.05, 0.1) is 26.0 Å². The minimum atomic E-state index is -0.208. The van der Waals surface area contributed by atoms with E-state index in [0.29, 0.717) is 22.8 Å². The molecule has 0 spiro atoms. The first kappa shape index (κ1) is 16.2. The molecule has 0 saturated carbocycles. The fourth-order valence-corrected chi connectivity index (χ4v) is 2.78. The summed E-state index contributed by atoms with van der Waals surface area (Å²) in [6, 6.07) is 5.31. The van der Waals surface area contributed by atoms with Gasteiger partial charge in [-0.25, -0.2) is 0 Å². The van der Waals surface area contributed by atoms with Crippen LogP contribution in [0.5, 0.6) is 11.5 Å². The van der Waals surface area contributed by atoms with Gasteiger partial charge in [0.2, 0.25) is 0 Å². The maximum Gasteiger partial charge on any atom is 0.265 e. The molecule has 6 nitrogen and oxygen atoms in total. The lowest BCUT2D eigenvalue weighted by molar-refractivity contribution is 0.0942. The molecule has 1 heterocycles. The average molecular weight is 321 g/mol. The Morgan fingerprint density at radius 1 is 1.36 bits per heavy atom. The van der Waals surface area contributed by atoms with Crippen LogP contribution in [-0.4, -0.2) is 29.7 Å². The first-order valence-electron chi connectivity index (χ1n) is 6.94. The molecule has 1 amide bonds. The highest BCUT2D eigenvalue weighted by atomic mass is 32.1. The number of aromatic nitrogens is 2. The van der Waals surface area contributed by atoms with Crippen molar-refractivity contribution in [3.05, 3.63) is 34.3 Å². The summed E-state index contributed by atoms with van der Waals surface area (Å²) in [6.45, 7) is 3.85. The Morgan fingerprint density at radius 2 is 2.14 bits per heavy atom. The smallest absolute Gasteiger partial charge is 0.265 e. The fourth-order valence-electron chi connectivity index (χ4n) is 2.13. The molecule has 0 radical (unpaired) electrons. The lowest BCUT2D eigenvalue weighted by Gasteiger charge is -2.17. The van der Waals surface area contributed by atoms with Crippen LogP contribution in [0.1, 0.15) is 40.8 Å². The predicted molar refractivity (Wildman–Crippen MR) is 84.7 cm³/mol. The van der Waals surface area contributed by atoms with Gasteiger partial charge in [0.25, 0.3) is 5.91 Å². The third kappa shape index (κ3) is 3.36. The molecule has 118 valence electrons. The minimum Gasteiger partial charge on any atom is -0.497 e. The van der Waals surface area contributed by atoms with Crippen LogP contribution in [0.25, 0.3) is 0 Å². The molecule has 0 unspecified atom stereocenters. The normalized spacial score (nSPS) is 11.8. The lowest BCUT2D eigenvalue weighted by Crippen LogP contribution is -2.27. The summed E-state index contributed by atoms with van der Waals surface area (Å²) in [6.07, 6.45) is 0.680. The van der Waals surface area contributed by atoms with Gasteiger partial charge >= 0.3 is 0 Å². The van der Waals surface area contributed by atoms with Crippen molar-refractivity contribution in [1.82, 2.24) is 14.9 Å². The van der Waals surface area contributed by atoms with Gasteiger partial charge in [-0.3, -0.25) is 4.79 Å². The van der Waals surface area contributed by atoms with E-state index in [0.717, 1.165) is 22.8 Å². The highest BCUT2D eigenvalue weighted by molar-refractivity contribution is 7.08. The topological polar surface area (TPSA) is 73.3 Å².